The summed E-state index contributed by atoms with van der Waals surface area (Å²) >= 11 is 0. The van der Waals surface area contributed by atoms with Gasteiger partial charge in [0.1, 0.15) is 6.61 Å². The second-order valence-corrected chi connectivity index (χ2v) is 5.04. The molecule has 0 saturated heterocycles. The average Bonchev–Trinajstić information content (AvgIpc) is 3.16. The fraction of sp³-hybridized carbons (Fsp3) is 0.235. The van der Waals surface area contributed by atoms with E-state index in [2.05, 4.69) is 6.92 Å². The smallest absolute Gasteiger partial charge is 0.168 e. The second-order valence-electron chi connectivity index (χ2n) is 5.04. The Hall–Kier alpha value is -1.83. The normalized spacial score (nSPS) is 21.2. The fourth-order valence-electron chi connectivity index (χ4n) is 2.29. The molecule has 19 heavy (non-hydrogen) atoms. The predicted molar refractivity (Wildman–Crippen MR) is 73.4 cm³/mol. The van der Waals surface area contributed by atoms with Crippen LogP contribution in [0.3, 0.4) is 0 Å². The minimum atomic E-state index is -0.227. The number of benzene rings is 2. The molecule has 2 aromatic rings. The van der Waals surface area contributed by atoms with E-state index in [0.717, 1.165) is 17.5 Å². The minimum absolute atomic E-state index is 0.227. The first-order valence-electron chi connectivity index (χ1n) is 6.54. The van der Waals surface area contributed by atoms with Crippen LogP contribution >= 0.6 is 0 Å². The van der Waals surface area contributed by atoms with Crippen LogP contribution < -0.4 is 4.74 Å². The summed E-state index contributed by atoms with van der Waals surface area (Å²) in [5.74, 6) is 0.717. The molecule has 0 aromatic heterocycles. The molecule has 97 valence electrons. The van der Waals surface area contributed by atoms with Crippen molar-refractivity contribution >= 4 is 0 Å². The first kappa shape index (κ1) is 12.2. The van der Waals surface area contributed by atoms with Crippen LogP contribution in [0, 0.1) is 18.7 Å². The lowest BCUT2D eigenvalue weighted by Crippen LogP contribution is -1.99. The van der Waals surface area contributed by atoms with Crippen molar-refractivity contribution in [2.75, 3.05) is 0 Å². The molecule has 0 amide bonds. The molecular weight excluding hydrogens is 239 g/mol. The van der Waals surface area contributed by atoms with Gasteiger partial charge in [0.05, 0.1) is 0 Å². The lowest BCUT2D eigenvalue weighted by Gasteiger charge is -2.10. The number of hydrogen-bond acceptors (Lipinski definition) is 1. The molecule has 1 fully saturated rings. The van der Waals surface area contributed by atoms with Gasteiger partial charge >= 0.3 is 0 Å². The maximum Gasteiger partial charge on any atom is 0.168 e. The van der Waals surface area contributed by atoms with E-state index in [4.69, 9.17) is 4.74 Å². The first-order chi connectivity index (χ1) is 9.25. The van der Waals surface area contributed by atoms with Crippen molar-refractivity contribution in [1.29, 1.82) is 0 Å². The molecule has 1 aliphatic carbocycles. The zero-order valence-corrected chi connectivity index (χ0v) is 10.7. The van der Waals surface area contributed by atoms with Gasteiger partial charge in [0, 0.05) is 0 Å². The number of ether oxygens (including phenoxy) is 1. The van der Waals surface area contributed by atoms with Crippen molar-refractivity contribution in [3.8, 4) is 5.75 Å². The molecule has 2 aromatic carbocycles. The lowest BCUT2D eigenvalue weighted by molar-refractivity contribution is 0.289. The van der Waals surface area contributed by atoms with Crippen molar-refractivity contribution in [3.05, 3.63) is 72.4 Å². The highest BCUT2D eigenvalue weighted by Gasteiger charge is 2.36. The standard InChI is InChI=1S/C17H16FO/c1-12-10-15(12)14-8-5-9-16(17(14)18)19-11-13-6-3-2-4-7-13/h2-9,12,15H,1,10-11H2/t12-,15+/m0/s1. The van der Waals surface area contributed by atoms with Crippen LogP contribution in [-0.4, -0.2) is 0 Å². The topological polar surface area (TPSA) is 9.23 Å². The third-order valence-electron chi connectivity index (χ3n) is 3.55. The molecule has 1 saturated carbocycles. The minimum Gasteiger partial charge on any atom is -0.486 e. The third-order valence-corrected chi connectivity index (χ3v) is 3.55. The molecule has 1 nitrogen and oxygen atoms in total. The zero-order valence-electron chi connectivity index (χ0n) is 10.7. The molecule has 2 heteroatoms. The largest absolute Gasteiger partial charge is 0.486 e. The van der Waals surface area contributed by atoms with E-state index in [-0.39, 0.29) is 11.7 Å². The van der Waals surface area contributed by atoms with Gasteiger partial charge in [-0.05, 0) is 42.4 Å². The highest BCUT2D eigenvalue weighted by molar-refractivity contribution is 5.36. The van der Waals surface area contributed by atoms with Gasteiger partial charge in [-0.15, -0.1) is 0 Å². The van der Waals surface area contributed by atoms with Crippen molar-refractivity contribution in [1.82, 2.24) is 0 Å². The van der Waals surface area contributed by atoms with E-state index >= 15 is 0 Å². The van der Waals surface area contributed by atoms with Crippen LogP contribution in [0.1, 0.15) is 23.5 Å². The predicted octanol–water partition coefficient (Wildman–Crippen LogP) is 4.34. The van der Waals surface area contributed by atoms with Gasteiger partial charge in [0.15, 0.2) is 11.6 Å². The van der Waals surface area contributed by atoms with E-state index in [1.807, 2.05) is 42.5 Å². The van der Waals surface area contributed by atoms with E-state index in [0.29, 0.717) is 18.3 Å². The van der Waals surface area contributed by atoms with Crippen LogP contribution in [0.2, 0.25) is 0 Å². The van der Waals surface area contributed by atoms with Crippen LogP contribution in [0.5, 0.6) is 5.75 Å². The summed E-state index contributed by atoms with van der Waals surface area (Å²) < 4.78 is 19.9. The molecule has 0 heterocycles. The number of hydrogen-bond donors (Lipinski definition) is 0. The van der Waals surface area contributed by atoms with Crippen LogP contribution in [0.4, 0.5) is 4.39 Å². The number of rotatable bonds is 4. The van der Waals surface area contributed by atoms with Crippen molar-refractivity contribution in [3.63, 3.8) is 0 Å². The summed E-state index contributed by atoms with van der Waals surface area (Å²) in [6, 6.07) is 15.1. The van der Waals surface area contributed by atoms with E-state index in [1.54, 1.807) is 6.07 Å². The zero-order chi connectivity index (χ0) is 13.2. The Labute approximate surface area is 113 Å². The van der Waals surface area contributed by atoms with Gasteiger partial charge < -0.3 is 4.74 Å². The molecule has 0 unspecified atom stereocenters. The molecule has 2 atom stereocenters. The molecular formula is C17H16FO. The summed E-state index contributed by atoms with van der Waals surface area (Å²) in [7, 11) is 0. The third kappa shape index (κ3) is 2.62. The van der Waals surface area contributed by atoms with E-state index in [9.17, 15) is 4.39 Å². The van der Waals surface area contributed by atoms with Gasteiger partial charge in [-0.2, -0.15) is 0 Å². The second kappa shape index (κ2) is 5.04. The van der Waals surface area contributed by atoms with E-state index < -0.39 is 0 Å². The highest BCUT2D eigenvalue weighted by Crippen LogP contribution is 2.48. The van der Waals surface area contributed by atoms with Crippen LogP contribution in [-0.2, 0) is 6.61 Å². The maximum absolute atomic E-state index is 14.3. The molecule has 0 N–H and O–H groups in total. The summed E-state index contributed by atoms with van der Waals surface area (Å²) in [6.07, 6.45) is 0.971. The Morgan fingerprint density at radius 2 is 1.84 bits per heavy atom. The summed E-state index contributed by atoms with van der Waals surface area (Å²) in [4.78, 5) is 0. The first-order valence-corrected chi connectivity index (χ1v) is 6.54. The van der Waals surface area contributed by atoms with Crippen LogP contribution in [0.25, 0.3) is 0 Å². The summed E-state index contributed by atoms with van der Waals surface area (Å²) in [5, 5.41) is 0. The Kier molecular flexibility index (Phi) is 3.24. The molecule has 1 radical (unpaired) electrons. The molecule has 3 rings (SSSR count). The molecule has 0 bridgehead atoms. The monoisotopic (exact) mass is 255 g/mol. The maximum atomic E-state index is 14.3. The molecule has 0 spiro atoms. The Balaban J connectivity index is 1.74. The Bertz CT molecular complexity index is 565. The van der Waals surface area contributed by atoms with Gasteiger partial charge in [0.25, 0.3) is 0 Å². The van der Waals surface area contributed by atoms with Gasteiger partial charge in [-0.3, -0.25) is 0 Å². The Morgan fingerprint density at radius 1 is 1.11 bits per heavy atom. The van der Waals surface area contributed by atoms with Crippen molar-refractivity contribution in [2.24, 2.45) is 5.92 Å². The average molecular weight is 255 g/mol. The SMILES string of the molecule is [CH2][C@H]1C[C@H]1c1cccc(OCc2ccccc2)c1F. The lowest BCUT2D eigenvalue weighted by atomic mass is 10.1. The summed E-state index contributed by atoms with van der Waals surface area (Å²) in [6.45, 7) is 4.35. The fourth-order valence-corrected chi connectivity index (χ4v) is 2.29. The van der Waals surface area contributed by atoms with Gasteiger partial charge in [0.2, 0.25) is 0 Å². The van der Waals surface area contributed by atoms with Crippen molar-refractivity contribution < 1.29 is 9.13 Å². The molecule has 1 aliphatic rings. The number of halogens is 1. The van der Waals surface area contributed by atoms with Crippen LogP contribution in [0.15, 0.2) is 48.5 Å². The van der Waals surface area contributed by atoms with E-state index in [1.165, 1.54) is 0 Å². The quantitative estimate of drug-likeness (QED) is 0.789. The summed E-state index contributed by atoms with van der Waals surface area (Å²) in [5.41, 5.74) is 1.78. The van der Waals surface area contributed by atoms with Crippen molar-refractivity contribution in [2.45, 2.75) is 18.9 Å². The van der Waals surface area contributed by atoms with Gasteiger partial charge in [-0.1, -0.05) is 42.5 Å². The van der Waals surface area contributed by atoms with Gasteiger partial charge in [-0.25, -0.2) is 4.39 Å². The highest BCUT2D eigenvalue weighted by atomic mass is 19.1. The Morgan fingerprint density at radius 3 is 2.53 bits per heavy atom. The molecule has 0 aliphatic heterocycles.